The third-order valence-electron chi connectivity index (χ3n) is 4.12. The summed E-state index contributed by atoms with van der Waals surface area (Å²) in [6.07, 6.45) is 2.87. The molecule has 12 heteroatoms. The molecular formula is C17H17N7O3S2. The van der Waals surface area contributed by atoms with Crippen LogP contribution in [-0.2, 0) is 10.0 Å². The van der Waals surface area contributed by atoms with E-state index in [9.17, 15) is 8.42 Å². The number of nitrogens with zero attached hydrogens (tertiary/aromatic N) is 6. The van der Waals surface area contributed by atoms with Gasteiger partial charge in [0.05, 0.1) is 24.0 Å². The maximum absolute atomic E-state index is 12.5. The minimum atomic E-state index is -3.63. The predicted octanol–water partition coefficient (Wildman–Crippen LogP) is 1.80. The summed E-state index contributed by atoms with van der Waals surface area (Å²) in [5.74, 6) is 0.727. The second kappa shape index (κ2) is 8.59. The van der Waals surface area contributed by atoms with Gasteiger partial charge in [-0.1, -0.05) is 6.07 Å². The van der Waals surface area contributed by atoms with E-state index in [1.54, 1.807) is 16.8 Å². The summed E-state index contributed by atoms with van der Waals surface area (Å²) in [4.78, 5) is 0.155. The molecule has 4 rings (SSSR count). The number of benzene rings is 2. The molecule has 0 saturated carbocycles. The van der Waals surface area contributed by atoms with Gasteiger partial charge in [0.15, 0.2) is 0 Å². The van der Waals surface area contributed by atoms with E-state index in [1.807, 2.05) is 24.3 Å². The summed E-state index contributed by atoms with van der Waals surface area (Å²) in [6.45, 7) is 0.801. The van der Waals surface area contributed by atoms with Crippen LogP contribution >= 0.6 is 11.7 Å². The van der Waals surface area contributed by atoms with Gasteiger partial charge >= 0.3 is 0 Å². The molecule has 150 valence electrons. The summed E-state index contributed by atoms with van der Waals surface area (Å²) in [7, 11) is -3.63. The van der Waals surface area contributed by atoms with Gasteiger partial charge in [-0.05, 0) is 59.7 Å². The van der Waals surface area contributed by atoms with Crippen LogP contribution < -0.4 is 9.46 Å². The molecule has 1 N–H and O–H groups in total. The van der Waals surface area contributed by atoms with E-state index >= 15 is 0 Å². The van der Waals surface area contributed by atoms with Crippen LogP contribution in [0, 0.1) is 0 Å². The number of tetrazole rings is 1. The van der Waals surface area contributed by atoms with Crippen molar-refractivity contribution in [3.05, 3.63) is 48.8 Å². The van der Waals surface area contributed by atoms with E-state index in [2.05, 4.69) is 29.0 Å². The highest BCUT2D eigenvalue weighted by molar-refractivity contribution is 7.89. The summed E-state index contributed by atoms with van der Waals surface area (Å²) in [5.41, 5.74) is 1.82. The standard InChI is InChI=1S/C17H17N7O3S2/c25-29(26,16-5-3-4-15-17(16)21-28-20-15)19-10-1-2-11-27-14-8-6-13(7-9-14)24-12-18-22-23-24/h3-9,12,19H,1-2,10-11H2. The molecule has 2 aromatic carbocycles. The van der Waals surface area contributed by atoms with Gasteiger partial charge in [-0.15, -0.1) is 5.10 Å². The van der Waals surface area contributed by atoms with Crippen LogP contribution in [0.25, 0.3) is 16.7 Å². The number of hydrogen-bond acceptors (Lipinski definition) is 9. The second-order valence-electron chi connectivity index (χ2n) is 6.09. The smallest absolute Gasteiger partial charge is 0.242 e. The Morgan fingerprint density at radius 3 is 2.72 bits per heavy atom. The van der Waals surface area contributed by atoms with Crippen LogP contribution in [0.5, 0.6) is 5.75 Å². The molecule has 4 aromatic rings. The number of hydrogen-bond donors (Lipinski definition) is 1. The molecule has 0 saturated heterocycles. The molecular weight excluding hydrogens is 414 g/mol. The van der Waals surface area contributed by atoms with Gasteiger partial charge in [0.2, 0.25) is 10.0 Å². The quantitative estimate of drug-likeness (QED) is 0.398. The normalized spacial score (nSPS) is 11.7. The highest BCUT2D eigenvalue weighted by Crippen LogP contribution is 2.21. The maximum Gasteiger partial charge on any atom is 0.242 e. The third-order valence-corrected chi connectivity index (χ3v) is 6.16. The number of aromatic nitrogens is 6. The average Bonchev–Trinajstić information content (AvgIpc) is 3.42. The van der Waals surface area contributed by atoms with Crippen LogP contribution in [0.3, 0.4) is 0 Å². The molecule has 0 spiro atoms. The summed E-state index contributed by atoms with van der Waals surface area (Å²) >= 11 is 0.996. The van der Waals surface area contributed by atoms with E-state index in [-0.39, 0.29) is 4.90 Å². The molecule has 2 heterocycles. The van der Waals surface area contributed by atoms with E-state index in [1.165, 1.54) is 12.4 Å². The van der Waals surface area contributed by atoms with Crippen molar-refractivity contribution in [2.45, 2.75) is 17.7 Å². The summed E-state index contributed by atoms with van der Waals surface area (Å²) < 4.78 is 43.0. The molecule has 0 aliphatic heterocycles. The molecule has 0 unspecified atom stereocenters. The van der Waals surface area contributed by atoms with Gasteiger partial charge in [0.25, 0.3) is 0 Å². The monoisotopic (exact) mass is 431 g/mol. The SMILES string of the molecule is O=S(=O)(NCCCCOc1ccc(-n2cnnn2)cc1)c1cccc2nsnc12. The van der Waals surface area contributed by atoms with Gasteiger partial charge < -0.3 is 4.74 Å². The lowest BCUT2D eigenvalue weighted by molar-refractivity contribution is 0.307. The Kier molecular flexibility index (Phi) is 5.74. The molecule has 0 radical (unpaired) electrons. The van der Waals surface area contributed by atoms with E-state index < -0.39 is 10.0 Å². The Balaban J connectivity index is 1.22. The zero-order valence-electron chi connectivity index (χ0n) is 15.2. The van der Waals surface area contributed by atoms with Gasteiger partial charge in [-0.25, -0.2) is 17.8 Å². The van der Waals surface area contributed by atoms with Gasteiger partial charge in [-0.2, -0.15) is 8.75 Å². The van der Waals surface area contributed by atoms with Crippen LogP contribution in [-0.4, -0.2) is 50.5 Å². The fourth-order valence-corrected chi connectivity index (χ4v) is 4.51. The number of ether oxygens (including phenoxy) is 1. The molecule has 29 heavy (non-hydrogen) atoms. The zero-order valence-corrected chi connectivity index (χ0v) is 16.8. The molecule has 2 aromatic heterocycles. The Bertz CT molecular complexity index is 1180. The first-order chi connectivity index (χ1) is 14.1. The summed E-state index contributed by atoms with van der Waals surface area (Å²) in [5, 5.41) is 11.0. The van der Waals surface area contributed by atoms with Crippen molar-refractivity contribution in [1.82, 2.24) is 33.7 Å². The van der Waals surface area contributed by atoms with Gasteiger partial charge in [0, 0.05) is 6.54 Å². The Morgan fingerprint density at radius 1 is 1.07 bits per heavy atom. The van der Waals surface area contributed by atoms with Crippen LogP contribution in [0.2, 0.25) is 0 Å². The Morgan fingerprint density at radius 2 is 1.93 bits per heavy atom. The number of unbranched alkanes of at least 4 members (excludes halogenated alkanes) is 1. The average molecular weight is 432 g/mol. The van der Waals surface area contributed by atoms with Gasteiger partial charge in [-0.3, -0.25) is 0 Å². The van der Waals surface area contributed by atoms with Crippen molar-refractivity contribution < 1.29 is 13.2 Å². The zero-order chi connectivity index (χ0) is 20.1. The fourth-order valence-electron chi connectivity index (χ4n) is 2.67. The van der Waals surface area contributed by atoms with Crippen LogP contribution in [0.4, 0.5) is 0 Å². The third kappa shape index (κ3) is 4.55. The van der Waals surface area contributed by atoms with E-state index in [4.69, 9.17) is 4.74 Å². The van der Waals surface area contributed by atoms with Crippen LogP contribution in [0.1, 0.15) is 12.8 Å². The highest BCUT2D eigenvalue weighted by Gasteiger charge is 2.18. The molecule has 0 bridgehead atoms. The molecule has 0 fully saturated rings. The molecule has 0 aliphatic carbocycles. The van der Waals surface area contributed by atoms with E-state index in [0.717, 1.165) is 23.2 Å². The minimum absolute atomic E-state index is 0.155. The Hall–Kier alpha value is -2.96. The molecule has 10 nitrogen and oxygen atoms in total. The van der Waals surface area contributed by atoms with E-state index in [0.29, 0.717) is 37.0 Å². The van der Waals surface area contributed by atoms with Crippen molar-refractivity contribution in [2.75, 3.05) is 13.2 Å². The number of fused-ring (bicyclic) bond motifs is 1. The van der Waals surface area contributed by atoms with Crippen molar-refractivity contribution in [3.63, 3.8) is 0 Å². The maximum atomic E-state index is 12.5. The van der Waals surface area contributed by atoms with Gasteiger partial charge in [0.1, 0.15) is 28.0 Å². The number of rotatable bonds is 9. The predicted molar refractivity (Wildman–Crippen MR) is 106 cm³/mol. The minimum Gasteiger partial charge on any atom is -0.494 e. The number of nitrogens with one attached hydrogen (secondary N) is 1. The van der Waals surface area contributed by atoms with Crippen molar-refractivity contribution in [2.24, 2.45) is 0 Å². The van der Waals surface area contributed by atoms with Crippen molar-refractivity contribution >= 4 is 32.8 Å². The lowest BCUT2D eigenvalue weighted by atomic mass is 10.3. The van der Waals surface area contributed by atoms with Crippen molar-refractivity contribution in [3.8, 4) is 11.4 Å². The molecule has 0 amide bonds. The summed E-state index contributed by atoms with van der Waals surface area (Å²) in [6, 6.07) is 12.3. The molecule has 0 atom stereocenters. The first kappa shape index (κ1) is 19.4. The number of sulfonamides is 1. The van der Waals surface area contributed by atoms with Crippen molar-refractivity contribution in [1.29, 1.82) is 0 Å². The Labute approximate surface area is 170 Å². The lowest BCUT2D eigenvalue weighted by Gasteiger charge is -2.09. The largest absolute Gasteiger partial charge is 0.494 e. The lowest BCUT2D eigenvalue weighted by Crippen LogP contribution is -2.25. The van der Waals surface area contributed by atoms with Crippen LogP contribution in [0.15, 0.2) is 53.7 Å². The topological polar surface area (TPSA) is 125 Å². The first-order valence-electron chi connectivity index (χ1n) is 8.81. The molecule has 0 aliphatic rings. The highest BCUT2D eigenvalue weighted by atomic mass is 32.2. The second-order valence-corrected chi connectivity index (χ2v) is 8.35. The fraction of sp³-hybridized carbons (Fsp3) is 0.235. The first-order valence-corrected chi connectivity index (χ1v) is 11.0.